The Hall–Kier alpha value is -2.63. The highest BCUT2D eigenvalue weighted by atomic mass is 24.3. The number of nitrogens with zero attached hydrogens (tertiary/aromatic N) is 4. The van der Waals surface area contributed by atoms with Crippen LogP contribution < -0.4 is 0 Å². The first-order chi connectivity index (χ1) is 19.5. The molecule has 5 rings (SSSR count). The number of allylic oxidation sites excluding steroid dienone is 12. The van der Waals surface area contributed by atoms with Crippen molar-refractivity contribution < 1.29 is 0 Å². The van der Waals surface area contributed by atoms with Crippen molar-refractivity contribution in [3.05, 3.63) is 91.7 Å². The van der Waals surface area contributed by atoms with E-state index < -0.39 is 0 Å². The lowest BCUT2D eigenvalue weighted by molar-refractivity contribution is 1.02. The van der Waals surface area contributed by atoms with Crippen molar-refractivity contribution in [2.24, 2.45) is 20.0 Å². The highest BCUT2D eigenvalue weighted by molar-refractivity contribution is 6.22. The van der Waals surface area contributed by atoms with Crippen LogP contribution in [0.25, 0.3) is 0 Å². The Labute approximate surface area is 263 Å². The minimum Gasteiger partial charge on any atom is -0.249 e. The third-order valence-corrected chi connectivity index (χ3v) is 8.77. The molecule has 0 atom stereocenters. The van der Waals surface area contributed by atoms with Crippen LogP contribution in [0, 0.1) is 0 Å². The Kier molecular flexibility index (Phi) is 10.0. The van der Waals surface area contributed by atoms with Crippen molar-refractivity contribution in [1.82, 2.24) is 0 Å². The molecule has 5 heteroatoms. The van der Waals surface area contributed by atoms with Gasteiger partial charge >= 0.3 is 23.1 Å². The maximum absolute atomic E-state index is 5.54. The smallest absolute Gasteiger partial charge is 0.249 e. The van der Waals surface area contributed by atoms with Gasteiger partial charge < -0.3 is 0 Å². The third kappa shape index (κ3) is 5.25. The average molecular weight is 559 g/mol. The van der Waals surface area contributed by atoms with E-state index >= 15 is 0 Å². The molecule has 0 saturated heterocycles. The highest BCUT2D eigenvalue weighted by Gasteiger charge is 2.33. The predicted octanol–water partition coefficient (Wildman–Crippen LogP) is 8.90. The maximum Gasteiger partial charge on any atom is 0.316 e. The molecule has 212 valence electrons. The molecule has 5 aliphatic rings. The molecule has 0 saturated carbocycles. The van der Waals surface area contributed by atoms with Gasteiger partial charge in [0.1, 0.15) is 0 Å². The fourth-order valence-corrected chi connectivity index (χ4v) is 6.92. The second kappa shape index (κ2) is 13.1. The Bertz CT molecular complexity index is 1540. The van der Waals surface area contributed by atoms with Crippen molar-refractivity contribution in [3.63, 3.8) is 0 Å². The maximum atomic E-state index is 5.54. The molecular weight excluding hydrogens is 513 g/mol. The first-order valence-electron chi connectivity index (χ1n) is 15.6. The van der Waals surface area contributed by atoms with E-state index in [4.69, 9.17) is 20.0 Å². The molecule has 41 heavy (non-hydrogen) atoms. The van der Waals surface area contributed by atoms with Crippen molar-refractivity contribution in [1.29, 1.82) is 0 Å². The lowest BCUT2D eigenvalue weighted by atomic mass is 9.88. The van der Waals surface area contributed by atoms with E-state index in [-0.39, 0.29) is 23.1 Å². The zero-order chi connectivity index (χ0) is 28.6. The molecule has 0 aromatic rings. The molecule has 0 aromatic heterocycles. The van der Waals surface area contributed by atoms with Gasteiger partial charge in [-0.3, -0.25) is 0 Å². The quantitative estimate of drug-likeness (QED) is 0.267. The largest absolute Gasteiger partial charge is 0.316 e. The number of rotatable bonds is 8. The summed E-state index contributed by atoms with van der Waals surface area (Å²) in [6.45, 7) is 18.1. The molecule has 0 spiro atoms. The van der Waals surface area contributed by atoms with Crippen LogP contribution in [0.3, 0.4) is 0 Å². The lowest BCUT2D eigenvalue weighted by Gasteiger charge is -2.14. The van der Waals surface area contributed by atoms with Gasteiger partial charge in [-0.05, 0) is 109 Å². The van der Waals surface area contributed by atoms with Gasteiger partial charge in [0, 0.05) is 11.1 Å². The van der Waals surface area contributed by atoms with Crippen LogP contribution >= 0.6 is 0 Å². The van der Waals surface area contributed by atoms with E-state index in [2.05, 4.69) is 79.7 Å². The van der Waals surface area contributed by atoms with Crippen molar-refractivity contribution in [2.45, 2.75) is 107 Å². The molecule has 5 heterocycles. The van der Waals surface area contributed by atoms with Crippen LogP contribution in [-0.2, 0) is 0 Å². The summed E-state index contributed by atoms with van der Waals surface area (Å²) in [5.74, 6) is 0. The lowest BCUT2D eigenvalue weighted by Crippen LogP contribution is -2.07. The van der Waals surface area contributed by atoms with E-state index in [0.29, 0.717) is 0 Å². The van der Waals surface area contributed by atoms with Gasteiger partial charge in [0.05, 0.1) is 45.6 Å². The Morgan fingerprint density at radius 1 is 0.439 bits per heavy atom. The first-order valence-corrected chi connectivity index (χ1v) is 15.6. The van der Waals surface area contributed by atoms with E-state index in [1.807, 2.05) is 0 Å². The summed E-state index contributed by atoms with van der Waals surface area (Å²) >= 11 is 0. The van der Waals surface area contributed by atoms with Crippen LogP contribution in [0.15, 0.2) is 112 Å². The summed E-state index contributed by atoms with van der Waals surface area (Å²) in [5.41, 5.74) is 19.3. The molecule has 8 bridgehead atoms. The molecule has 0 fully saturated rings. The minimum atomic E-state index is 0. The Morgan fingerprint density at radius 3 is 1.49 bits per heavy atom. The monoisotopic (exact) mass is 558 g/mol. The number of hydrogen-bond donors (Lipinski definition) is 0. The molecule has 0 amide bonds. The van der Waals surface area contributed by atoms with Crippen molar-refractivity contribution in [3.8, 4) is 0 Å². The summed E-state index contributed by atoms with van der Waals surface area (Å²) in [4.78, 5) is 21.2. The summed E-state index contributed by atoms with van der Waals surface area (Å²) in [6.07, 6.45) is 16.1. The fourth-order valence-electron chi connectivity index (χ4n) is 6.92. The van der Waals surface area contributed by atoms with Crippen molar-refractivity contribution in [2.75, 3.05) is 0 Å². The van der Waals surface area contributed by atoms with Gasteiger partial charge in [-0.1, -0.05) is 55.4 Å². The molecule has 0 aliphatic carbocycles. The molecule has 0 N–H and O–H groups in total. The predicted molar refractivity (Wildman–Crippen MR) is 181 cm³/mol. The SMILES string of the molecule is CCC1=C(CC)C2=NC1=CC1=NC(=CC3=NC(=C(CC)C4=NC(=C2CC)C(CC)=C4CC)C(CC)=C3CC)C=C1.[MgH2]. The highest BCUT2D eigenvalue weighted by Crippen LogP contribution is 2.43. The van der Waals surface area contributed by atoms with E-state index in [0.717, 1.165) is 97.0 Å². The van der Waals surface area contributed by atoms with E-state index in [1.54, 1.807) is 0 Å². The summed E-state index contributed by atoms with van der Waals surface area (Å²) in [6, 6.07) is 0. The summed E-state index contributed by atoms with van der Waals surface area (Å²) in [7, 11) is 0. The van der Waals surface area contributed by atoms with E-state index in [1.165, 1.54) is 44.6 Å². The number of fused-ring (bicyclic) bond motifs is 4. The molecule has 0 radical (unpaired) electrons. The standard InChI is InChI=1S/C36H44N4.Mg.2H/c1-9-23-25(11-3)33-29(15-7)35-27(13-5)28(14-6)36(40-35)30(16-8)34-26(12-4)24(10-2)32(39-34)20-22-18-17-21(37-22)19-31(23)38-33;;;/h17-20H,9-16H2,1-8H3;;;. The first kappa shape index (κ1) is 31.3. The molecule has 0 unspecified atom stereocenters. The van der Waals surface area contributed by atoms with Crippen LogP contribution in [0.5, 0.6) is 0 Å². The van der Waals surface area contributed by atoms with Crippen molar-refractivity contribution >= 4 is 45.9 Å². The second-order valence-electron chi connectivity index (χ2n) is 10.7. The molecular formula is C36H46MgN4. The zero-order valence-corrected chi connectivity index (χ0v) is 25.8. The second-order valence-corrected chi connectivity index (χ2v) is 10.7. The molecule has 4 nitrogen and oxygen atoms in total. The van der Waals surface area contributed by atoms with Gasteiger partial charge in [0.2, 0.25) is 0 Å². The fraction of sp³-hybridized carbons (Fsp3) is 0.444. The number of hydrogen-bond acceptors (Lipinski definition) is 4. The van der Waals surface area contributed by atoms with Gasteiger partial charge in [-0.2, -0.15) is 0 Å². The normalized spacial score (nSPS) is 20.1. The summed E-state index contributed by atoms with van der Waals surface area (Å²) < 4.78 is 0. The molecule has 0 aromatic carbocycles. The minimum absolute atomic E-state index is 0. The van der Waals surface area contributed by atoms with Gasteiger partial charge in [0.15, 0.2) is 0 Å². The Balaban J connectivity index is 0.00000387. The zero-order valence-electron chi connectivity index (χ0n) is 25.8. The van der Waals surface area contributed by atoms with Crippen LogP contribution in [-0.4, -0.2) is 45.9 Å². The average Bonchev–Trinajstić information content (AvgIpc) is 3.73. The van der Waals surface area contributed by atoms with Gasteiger partial charge in [0.25, 0.3) is 0 Å². The van der Waals surface area contributed by atoms with Gasteiger partial charge in [-0.15, -0.1) is 0 Å². The Morgan fingerprint density at radius 2 is 0.927 bits per heavy atom. The van der Waals surface area contributed by atoms with Crippen LogP contribution in [0.4, 0.5) is 0 Å². The van der Waals surface area contributed by atoms with E-state index in [9.17, 15) is 0 Å². The molecule has 5 aliphatic heterocycles. The van der Waals surface area contributed by atoms with Crippen LogP contribution in [0.2, 0.25) is 0 Å². The number of aliphatic imine (C=N–C) groups is 4. The third-order valence-electron chi connectivity index (χ3n) is 8.77. The van der Waals surface area contributed by atoms with Gasteiger partial charge in [-0.25, -0.2) is 20.0 Å². The topological polar surface area (TPSA) is 49.4 Å². The summed E-state index contributed by atoms with van der Waals surface area (Å²) in [5, 5.41) is 0. The van der Waals surface area contributed by atoms with Crippen LogP contribution in [0.1, 0.15) is 107 Å².